The lowest BCUT2D eigenvalue weighted by Crippen LogP contribution is -2.21. The zero-order valence-corrected chi connectivity index (χ0v) is 16.3. The minimum atomic E-state index is -0.349. The summed E-state index contributed by atoms with van der Waals surface area (Å²) < 4.78 is 11.2. The van der Waals surface area contributed by atoms with Crippen LogP contribution in [-0.4, -0.2) is 13.0 Å². The van der Waals surface area contributed by atoms with Crippen molar-refractivity contribution in [1.82, 2.24) is 0 Å². The summed E-state index contributed by atoms with van der Waals surface area (Å²) in [4.78, 5) is 17.6. The van der Waals surface area contributed by atoms with Crippen LogP contribution in [0.25, 0.3) is 11.0 Å². The number of carbonyl (C=O) groups is 1. The lowest BCUT2D eigenvalue weighted by Gasteiger charge is -2.08. The molecule has 0 aliphatic carbocycles. The fourth-order valence-corrected chi connectivity index (χ4v) is 3.05. The number of carbonyl (C=O) groups excluding carboxylic acids is 1. The second-order valence-electron chi connectivity index (χ2n) is 6.28. The summed E-state index contributed by atoms with van der Waals surface area (Å²) in [6.45, 7) is 0. The molecule has 1 amide bonds. The number of rotatable bonds is 4. The normalized spacial score (nSPS) is 11.4. The standard InChI is InChI=1S/C23H17ClN2O3/c1-28-19-9-5-8-18(14-19)25-22(27)20-13-15-12-16(24)10-11-21(15)29-23(20)26-17-6-3-2-4-7-17/h2-14H,1H3,(H,25,27). The number of methoxy groups -OCH3 is 1. The van der Waals surface area contributed by atoms with Crippen LogP contribution in [0.3, 0.4) is 0 Å². The van der Waals surface area contributed by atoms with Gasteiger partial charge in [0, 0.05) is 22.2 Å². The predicted octanol–water partition coefficient (Wildman–Crippen LogP) is 5.58. The summed E-state index contributed by atoms with van der Waals surface area (Å²) in [7, 11) is 1.57. The number of fused-ring (bicyclic) bond motifs is 1. The maximum absolute atomic E-state index is 13.0. The quantitative estimate of drug-likeness (QED) is 0.483. The summed E-state index contributed by atoms with van der Waals surface area (Å²) in [5, 5.41) is 4.13. The van der Waals surface area contributed by atoms with Gasteiger partial charge in [-0.15, -0.1) is 0 Å². The number of amides is 1. The number of hydrogen-bond acceptors (Lipinski definition) is 4. The average Bonchev–Trinajstić information content (AvgIpc) is 2.74. The molecule has 144 valence electrons. The van der Waals surface area contributed by atoms with Crippen LogP contribution in [0.1, 0.15) is 10.4 Å². The Bertz CT molecular complexity index is 1250. The van der Waals surface area contributed by atoms with E-state index in [1.165, 1.54) is 0 Å². The molecule has 0 atom stereocenters. The fraction of sp³-hybridized carbons (Fsp3) is 0.0435. The first-order valence-electron chi connectivity index (χ1n) is 8.91. The molecule has 0 saturated heterocycles. The second kappa shape index (κ2) is 8.20. The Hall–Kier alpha value is -3.57. The van der Waals surface area contributed by atoms with E-state index in [0.29, 0.717) is 38.7 Å². The first kappa shape index (κ1) is 18.8. The topological polar surface area (TPSA) is 63.8 Å². The number of halogens is 1. The third kappa shape index (κ3) is 4.31. The van der Waals surface area contributed by atoms with Crippen molar-refractivity contribution in [1.29, 1.82) is 0 Å². The van der Waals surface area contributed by atoms with Crippen LogP contribution in [0.15, 0.2) is 88.3 Å². The molecule has 0 aliphatic heterocycles. The molecule has 4 rings (SSSR count). The molecule has 0 fully saturated rings. The van der Waals surface area contributed by atoms with E-state index in [1.807, 2.05) is 30.3 Å². The van der Waals surface area contributed by atoms with E-state index in [9.17, 15) is 4.79 Å². The van der Waals surface area contributed by atoms with Gasteiger partial charge in [0.05, 0.1) is 12.8 Å². The van der Waals surface area contributed by atoms with Gasteiger partial charge in [-0.25, -0.2) is 4.99 Å². The molecule has 0 spiro atoms. The molecule has 1 N–H and O–H groups in total. The van der Waals surface area contributed by atoms with Gasteiger partial charge in [0.25, 0.3) is 5.91 Å². The molecule has 0 bridgehead atoms. The zero-order valence-electron chi connectivity index (χ0n) is 15.6. The van der Waals surface area contributed by atoms with Crippen LogP contribution in [0.2, 0.25) is 5.02 Å². The van der Waals surface area contributed by atoms with Crippen molar-refractivity contribution in [2.45, 2.75) is 0 Å². The molecule has 0 aliphatic rings. The Morgan fingerprint density at radius 1 is 1.00 bits per heavy atom. The van der Waals surface area contributed by atoms with Crippen molar-refractivity contribution >= 4 is 39.9 Å². The summed E-state index contributed by atoms with van der Waals surface area (Å²) in [6.07, 6.45) is 0. The molecule has 4 aromatic rings. The van der Waals surface area contributed by atoms with E-state index in [2.05, 4.69) is 10.3 Å². The highest BCUT2D eigenvalue weighted by molar-refractivity contribution is 6.31. The van der Waals surface area contributed by atoms with E-state index in [-0.39, 0.29) is 11.5 Å². The van der Waals surface area contributed by atoms with Crippen LogP contribution in [0.4, 0.5) is 11.4 Å². The van der Waals surface area contributed by atoms with Gasteiger partial charge in [-0.3, -0.25) is 4.79 Å². The summed E-state index contributed by atoms with van der Waals surface area (Å²) in [5.74, 6) is 0.297. The number of benzene rings is 3. The molecular formula is C23H17ClN2O3. The van der Waals surface area contributed by atoms with Gasteiger partial charge in [0.15, 0.2) is 0 Å². The van der Waals surface area contributed by atoms with Crippen molar-refractivity contribution < 1.29 is 13.9 Å². The first-order chi connectivity index (χ1) is 14.1. The Morgan fingerprint density at radius 3 is 2.62 bits per heavy atom. The summed E-state index contributed by atoms with van der Waals surface area (Å²) >= 11 is 6.10. The monoisotopic (exact) mass is 404 g/mol. The molecule has 6 heteroatoms. The SMILES string of the molecule is COc1cccc(NC(=O)c2cc3cc(Cl)ccc3oc2=Nc2ccccc2)c1. The minimum absolute atomic E-state index is 0.214. The molecule has 3 aromatic carbocycles. The predicted molar refractivity (Wildman–Crippen MR) is 114 cm³/mol. The van der Waals surface area contributed by atoms with Crippen LogP contribution in [-0.2, 0) is 0 Å². The minimum Gasteiger partial charge on any atom is -0.497 e. The van der Waals surface area contributed by atoms with Crippen LogP contribution in [0.5, 0.6) is 5.75 Å². The fourth-order valence-electron chi connectivity index (χ4n) is 2.87. The highest BCUT2D eigenvalue weighted by Gasteiger charge is 2.14. The largest absolute Gasteiger partial charge is 0.497 e. The van der Waals surface area contributed by atoms with Gasteiger partial charge in [-0.2, -0.15) is 0 Å². The molecular weight excluding hydrogens is 388 g/mol. The highest BCUT2D eigenvalue weighted by atomic mass is 35.5. The van der Waals surface area contributed by atoms with Gasteiger partial charge >= 0.3 is 0 Å². The van der Waals surface area contributed by atoms with E-state index in [4.69, 9.17) is 20.8 Å². The van der Waals surface area contributed by atoms with Crippen LogP contribution in [0, 0.1) is 0 Å². The van der Waals surface area contributed by atoms with Crippen molar-refractivity contribution in [3.63, 3.8) is 0 Å². The molecule has 1 heterocycles. The molecule has 5 nitrogen and oxygen atoms in total. The zero-order chi connectivity index (χ0) is 20.2. The molecule has 0 saturated carbocycles. The highest BCUT2D eigenvalue weighted by Crippen LogP contribution is 2.21. The second-order valence-corrected chi connectivity index (χ2v) is 6.72. The Morgan fingerprint density at radius 2 is 1.83 bits per heavy atom. The molecule has 0 radical (unpaired) electrons. The van der Waals surface area contributed by atoms with Gasteiger partial charge in [0.2, 0.25) is 5.55 Å². The number of anilines is 1. The number of ether oxygens (including phenoxy) is 1. The molecule has 29 heavy (non-hydrogen) atoms. The van der Waals surface area contributed by atoms with E-state index < -0.39 is 0 Å². The lowest BCUT2D eigenvalue weighted by molar-refractivity contribution is 0.102. The van der Waals surface area contributed by atoms with Crippen LogP contribution < -0.4 is 15.6 Å². The van der Waals surface area contributed by atoms with Crippen molar-refractivity contribution in [3.8, 4) is 5.75 Å². The maximum Gasteiger partial charge on any atom is 0.261 e. The van der Waals surface area contributed by atoms with Crippen molar-refractivity contribution in [2.75, 3.05) is 12.4 Å². The molecule has 1 aromatic heterocycles. The maximum atomic E-state index is 13.0. The molecule has 0 unspecified atom stereocenters. The number of para-hydroxylation sites is 1. The lowest BCUT2D eigenvalue weighted by atomic mass is 10.1. The van der Waals surface area contributed by atoms with Gasteiger partial charge in [-0.05, 0) is 48.5 Å². The average molecular weight is 405 g/mol. The summed E-state index contributed by atoms with van der Waals surface area (Å²) in [6, 6.07) is 23.4. The Labute approximate surface area is 172 Å². The smallest absolute Gasteiger partial charge is 0.261 e. The Kier molecular flexibility index (Phi) is 5.31. The van der Waals surface area contributed by atoms with E-state index in [1.54, 1.807) is 55.6 Å². The van der Waals surface area contributed by atoms with Gasteiger partial charge < -0.3 is 14.5 Å². The Balaban J connectivity index is 1.83. The number of nitrogens with one attached hydrogen (secondary N) is 1. The number of nitrogens with zero attached hydrogens (tertiary/aromatic N) is 1. The van der Waals surface area contributed by atoms with Crippen molar-refractivity contribution in [3.05, 3.63) is 95.0 Å². The van der Waals surface area contributed by atoms with Gasteiger partial charge in [0.1, 0.15) is 16.9 Å². The van der Waals surface area contributed by atoms with E-state index in [0.717, 1.165) is 0 Å². The first-order valence-corrected chi connectivity index (χ1v) is 9.29. The van der Waals surface area contributed by atoms with Crippen LogP contribution >= 0.6 is 11.6 Å². The third-order valence-electron chi connectivity index (χ3n) is 4.27. The number of hydrogen-bond donors (Lipinski definition) is 1. The van der Waals surface area contributed by atoms with Crippen molar-refractivity contribution in [2.24, 2.45) is 4.99 Å². The third-order valence-corrected chi connectivity index (χ3v) is 4.50. The summed E-state index contributed by atoms with van der Waals surface area (Å²) in [5.41, 5.74) is 2.38. The van der Waals surface area contributed by atoms with E-state index >= 15 is 0 Å². The van der Waals surface area contributed by atoms with Gasteiger partial charge in [-0.1, -0.05) is 35.9 Å².